The van der Waals surface area contributed by atoms with E-state index in [2.05, 4.69) is 82.6 Å². The molecule has 2 radical (unpaired) electrons. The molecule has 0 aromatic heterocycles. The van der Waals surface area contributed by atoms with Gasteiger partial charge < -0.3 is 9.84 Å². The second-order valence-electron chi connectivity index (χ2n) is 9.63. The van der Waals surface area contributed by atoms with Crippen LogP contribution in [0.25, 0.3) is 0 Å². The third-order valence-corrected chi connectivity index (χ3v) is 6.32. The maximum atomic E-state index is 9.66. The summed E-state index contributed by atoms with van der Waals surface area (Å²) in [4.78, 5) is 2.38. The summed E-state index contributed by atoms with van der Waals surface area (Å²) in [6.45, 7) is 17.5. The maximum Gasteiger partial charge on any atom is 0.139 e. The Bertz CT molecular complexity index is 977. The Hall–Kier alpha value is -2.48. The topological polar surface area (TPSA) is 32.7 Å². The molecule has 2 rings (SSSR count). The Morgan fingerprint density at radius 2 is 1.84 bits per heavy atom. The fourth-order valence-electron chi connectivity index (χ4n) is 3.22. The van der Waals surface area contributed by atoms with Gasteiger partial charge in [0.15, 0.2) is 0 Å². The lowest BCUT2D eigenvalue weighted by molar-refractivity contribution is 0.195. The van der Waals surface area contributed by atoms with E-state index in [4.69, 9.17) is 4.74 Å². The predicted molar refractivity (Wildman–Crippen MR) is 137 cm³/mol. The summed E-state index contributed by atoms with van der Waals surface area (Å²) >= 11 is 0. The first-order valence-electron chi connectivity index (χ1n) is 11.2. The Morgan fingerprint density at radius 3 is 2.50 bits per heavy atom. The largest absolute Gasteiger partial charge is 0.508 e. The Morgan fingerprint density at radius 1 is 1.09 bits per heavy atom. The molecule has 0 aliphatic heterocycles. The number of hydrogen-bond donors (Lipinski definition) is 1. The number of hydrogen-bond acceptors (Lipinski definition) is 3. The quantitative estimate of drug-likeness (QED) is 0.420. The van der Waals surface area contributed by atoms with Crippen LogP contribution in [-0.2, 0) is 6.54 Å². The second kappa shape index (κ2) is 11.4. The fraction of sp³-hybridized carbons (Fsp3) is 0.429. The first-order valence-corrected chi connectivity index (χ1v) is 12.2. The van der Waals surface area contributed by atoms with Gasteiger partial charge >= 0.3 is 0 Å². The van der Waals surface area contributed by atoms with Crippen molar-refractivity contribution in [2.24, 2.45) is 5.41 Å². The van der Waals surface area contributed by atoms with Gasteiger partial charge in [-0.25, -0.2) is 0 Å². The molecular weight excluding hydrogens is 410 g/mol. The van der Waals surface area contributed by atoms with Gasteiger partial charge in [-0.05, 0) is 89.6 Å². The van der Waals surface area contributed by atoms with Crippen LogP contribution in [0.1, 0.15) is 52.7 Å². The average molecular weight is 448 g/mol. The highest BCUT2D eigenvalue weighted by atomic mass is 28.2. The van der Waals surface area contributed by atoms with Crippen LogP contribution in [0.5, 0.6) is 11.5 Å². The van der Waals surface area contributed by atoms with E-state index < -0.39 is 0 Å². The normalized spacial score (nSPS) is 12.1. The lowest BCUT2D eigenvalue weighted by Crippen LogP contribution is -2.43. The van der Waals surface area contributed by atoms with Gasteiger partial charge in [-0.3, -0.25) is 4.90 Å². The highest BCUT2D eigenvalue weighted by Gasteiger charge is 2.23. The van der Waals surface area contributed by atoms with Gasteiger partial charge in [0.1, 0.15) is 21.0 Å². The van der Waals surface area contributed by atoms with E-state index in [1.807, 2.05) is 31.2 Å². The minimum Gasteiger partial charge on any atom is -0.508 e. The summed E-state index contributed by atoms with van der Waals surface area (Å²) in [6, 6.07) is 13.9. The number of phenolic OH excluding ortho intramolecular Hbond substituents is 1. The molecule has 0 saturated carbocycles. The molecule has 2 aromatic rings. The van der Waals surface area contributed by atoms with Gasteiger partial charge in [0.25, 0.3) is 0 Å². The molecule has 2 aromatic carbocycles. The molecule has 0 aliphatic carbocycles. The molecule has 0 heterocycles. The van der Waals surface area contributed by atoms with Gasteiger partial charge in [0, 0.05) is 18.5 Å². The number of aromatic hydroxyl groups is 1. The summed E-state index contributed by atoms with van der Waals surface area (Å²) < 4.78 is 6.39. The number of ether oxygens (including phenoxy) is 1. The van der Waals surface area contributed by atoms with Crippen LogP contribution in [0.15, 0.2) is 54.6 Å². The summed E-state index contributed by atoms with van der Waals surface area (Å²) in [6.07, 6.45) is 4.09. The SMILES string of the molecule is CCN(CC=CC#CC(C)(C)C)Cc1cccc(OC(C)(C)[Si]c2ccc(O)cc2C)c1. The zero-order chi connectivity index (χ0) is 23.8. The highest BCUT2D eigenvalue weighted by molar-refractivity contribution is 6.57. The molecule has 0 spiro atoms. The Balaban J connectivity index is 2.00. The fourth-order valence-corrected chi connectivity index (χ4v) is 4.48. The van der Waals surface area contributed by atoms with E-state index in [1.54, 1.807) is 6.07 Å². The molecule has 4 heteroatoms. The standard InChI is InChI=1S/C28H37NO2Si/c1-8-29(18-11-9-10-17-27(3,4)5)21-23-13-12-14-25(20-23)31-28(6,7)32-26-16-15-24(30)19-22(26)2/h9,11-16,19-20,30H,8,18,21H2,1-7H3. The highest BCUT2D eigenvalue weighted by Crippen LogP contribution is 2.21. The number of phenols is 1. The summed E-state index contributed by atoms with van der Waals surface area (Å²) in [5, 5.41) is 10.5. The van der Waals surface area contributed by atoms with Crippen molar-refractivity contribution in [1.82, 2.24) is 4.90 Å². The van der Waals surface area contributed by atoms with Crippen molar-refractivity contribution in [1.29, 1.82) is 0 Å². The monoisotopic (exact) mass is 447 g/mol. The number of aryl methyl sites for hydroxylation is 1. The molecule has 0 bridgehead atoms. The van der Waals surface area contributed by atoms with Gasteiger partial charge in [-0.2, -0.15) is 0 Å². The second-order valence-corrected chi connectivity index (χ2v) is 11.6. The van der Waals surface area contributed by atoms with Crippen LogP contribution in [0.3, 0.4) is 0 Å². The minimum atomic E-state index is -0.334. The molecule has 1 N–H and O–H groups in total. The van der Waals surface area contributed by atoms with Gasteiger partial charge in [0.05, 0.1) is 5.22 Å². The molecule has 3 nitrogen and oxygen atoms in total. The Kier molecular flexibility index (Phi) is 9.18. The smallest absolute Gasteiger partial charge is 0.139 e. The van der Waals surface area contributed by atoms with E-state index in [0.717, 1.165) is 30.9 Å². The molecule has 0 atom stereocenters. The number of allylic oxidation sites excluding steroid dienone is 1. The lowest BCUT2D eigenvalue weighted by Gasteiger charge is -2.27. The minimum absolute atomic E-state index is 0.0323. The zero-order valence-electron chi connectivity index (χ0n) is 20.6. The average Bonchev–Trinajstić information content (AvgIpc) is 2.68. The van der Waals surface area contributed by atoms with Crippen LogP contribution in [0, 0.1) is 24.2 Å². The van der Waals surface area contributed by atoms with Crippen LogP contribution < -0.4 is 9.92 Å². The summed E-state index contributed by atoms with van der Waals surface area (Å²) in [5.41, 5.74) is 2.36. The van der Waals surface area contributed by atoms with Crippen LogP contribution >= 0.6 is 0 Å². The molecule has 0 saturated heterocycles. The molecule has 170 valence electrons. The predicted octanol–water partition coefficient (Wildman–Crippen LogP) is 5.27. The summed E-state index contributed by atoms with van der Waals surface area (Å²) in [7, 11) is 0.474. The van der Waals surface area contributed by atoms with Crippen molar-refractivity contribution in [2.45, 2.75) is 60.2 Å². The van der Waals surface area contributed by atoms with E-state index >= 15 is 0 Å². The third kappa shape index (κ3) is 9.34. The molecule has 0 amide bonds. The van der Waals surface area contributed by atoms with Crippen molar-refractivity contribution < 1.29 is 9.84 Å². The van der Waals surface area contributed by atoms with Crippen molar-refractivity contribution in [3.05, 3.63) is 65.7 Å². The number of benzene rings is 2. The van der Waals surface area contributed by atoms with Crippen LogP contribution in [0.2, 0.25) is 0 Å². The van der Waals surface area contributed by atoms with Gasteiger partial charge in [-0.1, -0.05) is 48.2 Å². The molecule has 32 heavy (non-hydrogen) atoms. The van der Waals surface area contributed by atoms with E-state index in [1.165, 1.54) is 10.8 Å². The van der Waals surface area contributed by atoms with Crippen molar-refractivity contribution in [3.63, 3.8) is 0 Å². The number of likely N-dealkylation sites (N-methyl/N-ethyl adjacent to an activating group) is 1. The van der Waals surface area contributed by atoms with Gasteiger partial charge in [-0.15, -0.1) is 0 Å². The first kappa shape index (κ1) is 25.8. The molecule has 0 fully saturated rings. The molecular formula is C28H37NO2Si. The number of rotatable bonds is 9. The van der Waals surface area contributed by atoms with Crippen LogP contribution in [-0.4, -0.2) is 37.8 Å². The molecule has 0 unspecified atom stereocenters. The summed E-state index contributed by atoms with van der Waals surface area (Å²) in [5.74, 6) is 7.57. The maximum absolute atomic E-state index is 9.66. The van der Waals surface area contributed by atoms with E-state index in [0.29, 0.717) is 15.3 Å². The van der Waals surface area contributed by atoms with Crippen molar-refractivity contribution in [2.75, 3.05) is 13.1 Å². The lowest BCUT2D eigenvalue weighted by atomic mass is 9.98. The van der Waals surface area contributed by atoms with Crippen molar-refractivity contribution in [3.8, 4) is 23.3 Å². The molecule has 0 aliphatic rings. The van der Waals surface area contributed by atoms with E-state index in [9.17, 15) is 5.11 Å². The van der Waals surface area contributed by atoms with Crippen molar-refractivity contribution >= 4 is 14.7 Å². The Labute approximate surface area is 197 Å². The van der Waals surface area contributed by atoms with E-state index in [-0.39, 0.29) is 10.6 Å². The zero-order valence-corrected chi connectivity index (χ0v) is 21.6. The van der Waals surface area contributed by atoms with Crippen LogP contribution in [0.4, 0.5) is 0 Å². The first-order chi connectivity index (χ1) is 15.0. The third-order valence-electron chi connectivity index (χ3n) is 4.78. The number of nitrogens with zero attached hydrogens (tertiary/aromatic N) is 1. The van der Waals surface area contributed by atoms with Gasteiger partial charge in [0.2, 0.25) is 0 Å².